The molecule has 0 amide bonds. The number of nitrogens with one attached hydrogen (secondary N) is 5. The quantitative estimate of drug-likeness (QED) is 0.0398. The molecule has 5 aromatic heterocycles. The predicted molar refractivity (Wildman–Crippen MR) is 357 cm³/mol. The van der Waals surface area contributed by atoms with E-state index in [1.54, 1.807) is 69.2 Å². The molecule has 8 N–H and O–H groups in total. The number of aromatic nitrogens is 10. The average molecular weight is 1490 g/mol. The summed E-state index contributed by atoms with van der Waals surface area (Å²) in [6.07, 6.45) is 1.22. The van der Waals surface area contributed by atoms with Crippen molar-refractivity contribution < 1.29 is 84.8 Å². The smallest absolute Gasteiger partial charge is 0.418 e. The Kier molecular flexibility index (Phi) is 26.6. The number of aromatic amines is 5. The number of ether oxygens (including phenoxy) is 7. The Morgan fingerprint density at radius 1 is 0.442 bits per heavy atom. The fourth-order valence-corrected chi connectivity index (χ4v) is 13.5. The second kappa shape index (κ2) is 32.8. The van der Waals surface area contributed by atoms with Crippen molar-refractivity contribution in [1.82, 2.24) is 47.8 Å². The second-order valence-electron chi connectivity index (χ2n) is 26.8. The van der Waals surface area contributed by atoms with E-state index in [0.29, 0.717) is 25.7 Å². The number of rotatable bonds is 16. The van der Waals surface area contributed by atoms with Crippen LogP contribution in [0.15, 0.2) is 109 Å². The van der Waals surface area contributed by atoms with Gasteiger partial charge < -0.3 is 48.5 Å². The van der Waals surface area contributed by atoms with Gasteiger partial charge in [0.2, 0.25) is 0 Å². The van der Waals surface area contributed by atoms with Gasteiger partial charge in [0.1, 0.15) is 78.7 Å². The minimum atomic E-state index is -1.57. The molecule has 0 bridgehead atoms. The zero-order valence-corrected chi connectivity index (χ0v) is 59.8. The first-order chi connectivity index (χ1) is 48.6. The predicted octanol–water partition coefficient (Wildman–Crippen LogP) is 2.01. The van der Waals surface area contributed by atoms with E-state index in [-0.39, 0.29) is 12.2 Å². The number of halogens is 5. The lowest BCUT2D eigenvalue weighted by molar-refractivity contribution is -0.186. The van der Waals surface area contributed by atoms with Gasteiger partial charge in [0.25, 0.3) is 27.8 Å². The van der Waals surface area contributed by atoms with Gasteiger partial charge in [-0.2, -0.15) is 0 Å². The fraction of sp³-hybridized carbons (Fsp3) is 0.652. The molecule has 38 heteroatoms. The molecule has 33 nitrogen and oxygen atoms in total. The molecular weight excluding hydrogens is 1400 g/mol. The summed E-state index contributed by atoms with van der Waals surface area (Å²) < 4.78 is 110. The molecule has 5 fully saturated rings. The number of carbonyl (C=O) groups is 3. The van der Waals surface area contributed by atoms with Crippen LogP contribution in [0.4, 0.5) is 22.0 Å². The summed E-state index contributed by atoms with van der Waals surface area (Å²) in [6.45, 7) is 17.5. The molecular formula is C66H91F5N10O23. The molecule has 578 valence electrons. The number of methoxy groups -OCH3 is 1. The summed E-state index contributed by atoms with van der Waals surface area (Å²) in [5, 5.41) is 31.4. The summed E-state index contributed by atoms with van der Waals surface area (Å²) in [6, 6.07) is 5.67. The van der Waals surface area contributed by atoms with Gasteiger partial charge in [0.15, 0.2) is 42.5 Å². The summed E-state index contributed by atoms with van der Waals surface area (Å²) in [5.74, 6) is -5.73. The Labute approximate surface area is 588 Å². The van der Waals surface area contributed by atoms with Crippen LogP contribution in [0.2, 0.25) is 0 Å². The highest BCUT2D eigenvalue weighted by atomic mass is 19.1. The summed E-state index contributed by atoms with van der Waals surface area (Å²) in [7, 11) is 1.02. The van der Waals surface area contributed by atoms with Crippen LogP contribution in [0.5, 0.6) is 0 Å². The monoisotopic (exact) mass is 1490 g/mol. The van der Waals surface area contributed by atoms with Crippen molar-refractivity contribution in [3.8, 4) is 0 Å². The first kappa shape index (κ1) is 84.3. The standard InChI is InChI=1S/C16H21FN2O7.2C13H19FN2O4.C12H17FN2O4.C12H15FN2O4/c1-5-16(8-17)9(2)15(3,25-12(22)11(21)24-4)13(26-16)19-7-6-10(20)18-14(19)23;2*1-4-13(7-14)8(2)12(3,19)10(20-13)16-6-5-9(17)15-11(16)18;2*1-3-12(6-13)7(2)9(17)10(19-12)15-5-4-8(16)14-11(15)18/h6-7,9,13H,5,8H2,1-4H3,(H,18,20,23);2*5-6,8,10,19H,4,7H2,1-3H3,(H,15,17,18);4-5,7,9-10,17H,3,6H2,1-2H3,(H,14,16,18);4-5,7,10H,3,6H2,1-2H3,(H,14,16,18)/t9-,13+,15-,16-;8-,10+,12+,13-;8-,10+,12-,13-;7-,9+,10+,12-;7-,10+,12-/m00000/s1. The number of carbonyl (C=O) groups excluding carboxylic acids is 3. The lowest BCUT2D eigenvalue weighted by Crippen LogP contribution is -2.49. The van der Waals surface area contributed by atoms with Gasteiger partial charge in [0.05, 0.1) is 13.0 Å². The minimum absolute atomic E-state index is 0.227. The number of hydrogen-bond acceptors (Lipinski definition) is 23. The van der Waals surface area contributed by atoms with E-state index in [1.807, 2.05) is 4.98 Å². The Bertz CT molecular complexity index is 4370. The topological polar surface area (TPSA) is 451 Å². The van der Waals surface area contributed by atoms with E-state index < -0.39 is 213 Å². The van der Waals surface area contributed by atoms with Crippen molar-refractivity contribution in [1.29, 1.82) is 0 Å². The Balaban J connectivity index is 0.000000205. The van der Waals surface area contributed by atoms with Crippen molar-refractivity contribution in [3.05, 3.63) is 166 Å². The lowest BCUT2D eigenvalue weighted by Gasteiger charge is -2.34. The molecule has 0 unspecified atom stereocenters. The third-order valence-corrected chi connectivity index (χ3v) is 21.6. The molecule has 5 saturated heterocycles. The van der Waals surface area contributed by atoms with Crippen LogP contribution in [-0.2, 0) is 47.5 Å². The van der Waals surface area contributed by atoms with Crippen molar-refractivity contribution >= 4 is 17.7 Å². The SMILES string of the molecule is CC[C@@]1(CF)O[C@@H](n2ccc(=O)[nH]c2=O)C(=O)[C@@H]1C.CC[C@@]1(CF)O[C@@H](n2ccc(=O)[nH]c2=O)[C@@](C)(O)[C@@H]1C.CC[C@@]1(CF)O[C@@H](n2ccc(=O)[nH]c2=O)[C@@](C)(OC(=O)C(=O)OC)[C@@H]1C.CC[C@@]1(CF)O[C@@H](n2ccc(=O)[nH]c2=O)[C@H](O)[C@@H]1C.CC[C@@]1(CF)O[C@@H](n2ccc(=O)[nH]c2=O)[C@](C)(O)[C@@H]1C. The van der Waals surface area contributed by atoms with Gasteiger partial charge in [-0.15, -0.1) is 0 Å². The Morgan fingerprint density at radius 2 is 0.750 bits per heavy atom. The Morgan fingerprint density at radius 3 is 1.04 bits per heavy atom. The molecule has 10 heterocycles. The van der Waals surface area contributed by atoms with Crippen LogP contribution in [0.1, 0.15) is 153 Å². The Hall–Kier alpha value is -8.66. The van der Waals surface area contributed by atoms with Crippen molar-refractivity contribution in [2.75, 3.05) is 40.5 Å². The van der Waals surface area contributed by atoms with Gasteiger partial charge >= 0.3 is 40.4 Å². The number of H-pyrrole nitrogens is 5. The number of esters is 2. The van der Waals surface area contributed by atoms with Crippen LogP contribution < -0.4 is 56.2 Å². The van der Waals surface area contributed by atoms with E-state index in [4.69, 9.17) is 28.4 Å². The van der Waals surface area contributed by atoms with Gasteiger partial charge in [0, 0.05) is 85.0 Å². The summed E-state index contributed by atoms with van der Waals surface area (Å²) in [4.78, 5) is 161. The number of hydrogen-bond donors (Lipinski definition) is 8. The number of alkyl halides is 5. The number of Topliss-reactive ketones (excluding diaryl/α,β-unsaturated/α-hetero) is 1. The molecule has 5 aliphatic rings. The van der Waals surface area contributed by atoms with E-state index >= 15 is 0 Å². The van der Waals surface area contributed by atoms with Crippen LogP contribution in [-0.4, -0.2) is 172 Å². The molecule has 104 heavy (non-hydrogen) atoms. The number of aliphatic hydroxyl groups excluding tert-OH is 1. The van der Waals surface area contributed by atoms with E-state index in [0.717, 1.165) is 66.5 Å². The molecule has 10 rings (SSSR count). The molecule has 0 aromatic carbocycles. The zero-order chi connectivity index (χ0) is 78.4. The number of ketones is 1. The molecule has 5 aliphatic heterocycles. The van der Waals surface area contributed by atoms with Gasteiger partial charge in [-0.3, -0.25) is 76.5 Å². The molecule has 19 atom stereocenters. The molecule has 0 aliphatic carbocycles. The molecule has 0 radical (unpaired) electrons. The van der Waals surface area contributed by atoms with Gasteiger partial charge in [-0.25, -0.2) is 55.5 Å². The minimum Gasteiger partial charge on any atom is -0.461 e. The molecule has 5 aromatic rings. The first-order valence-corrected chi connectivity index (χ1v) is 33.4. The van der Waals surface area contributed by atoms with Crippen molar-refractivity contribution in [2.24, 2.45) is 29.6 Å². The number of aliphatic hydroxyl groups is 3. The third-order valence-electron chi connectivity index (χ3n) is 21.6. The molecule has 0 saturated carbocycles. The van der Waals surface area contributed by atoms with Crippen molar-refractivity contribution in [2.45, 2.75) is 204 Å². The molecule has 0 spiro atoms. The van der Waals surface area contributed by atoms with Crippen LogP contribution in [0.3, 0.4) is 0 Å². The maximum Gasteiger partial charge on any atom is 0.418 e. The van der Waals surface area contributed by atoms with E-state index in [9.17, 15) is 99.6 Å². The maximum atomic E-state index is 13.9. The van der Waals surface area contributed by atoms with Crippen LogP contribution in [0.25, 0.3) is 0 Å². The maximum absolute atomic E-state index is 13.9. The van der Waals surface area contributed by atoms with E-state index in [2.05, 4.69) is 24.7 Å². The zero-order valence-electron chi connectivity index (χ0n) is 59.8. The van der Waals surface area contributed by atoms with Gasteiger partial charge in [-0.05, 0) is 52.9 Å². The van der Waals surface area contributed by atoms with Crippen molar-refractivity contribution in [3.63, 3.8) is 0 Å². The lowest BCUT2D eigenvalue weighted by atomic mass is 9.78. The largest absolute Gasteiger partial charge is 0.461 e. The second-order valence-corrected chi connectivity index (χ2v) is 26.8. The van der Waals surface area contributed by atoms with E-state index in [1.165, 1.54) is 45.6 Å². The highest BCUT2D eigenvalue weighted by Crippen LogP contribution is 2.54. The fourth-order valence-electron chi connectivity index (χ4n) is 13.5. The third kappa shape index (κ3) is 15.8. The first-order valence-electron chi connectivity index (χ1n) is 33.4. The summed E-state index contributed by atoms with van der Waals surface area (Å²) >= 11 is 0. The van der Waals surface area contributed by atoms with Crippen LogP contribution >= 0.6 is 0 Å². The van der Waals surface area contributed by atoms with Gasteiger partial charge in [-0.1, -0.05) is 69.2 Å². The normalized spacial score (nSPS) is 34.0. The highest BCUT2D eigenvalue weighted by molar-refractivity contribution is 6.29. The average Bonchev–Trinajstić information content (AvgIpc) is 1.29. The number of nitrogens with zero attached hydrogens (tertiary/aromatic N) is 5. The summed E-state index contributed by atoms with van der Waals surface area (Å²) in [5.41, 5.74) is -16.8. The van der Waals surface area contributed by atoms with Crippen LogP contribution in [0, 0.1) is 29.6 Å². The highest BCUT2D eigenvalue weighted by Gasteiger charge is 2.64.